The van der Waals surface area contributed by atoms with Crippen LogP contribution in [-0.4, -0.2) is 25.9 Å². The quantitative estimate of drug-likeness (QED) is 0.325. The fourth-order valence-corrected chi connectivity index (χ4v) is 5.79. The largest absolute Gasteiger partial charge is 1.00 e. The number of amides is 1. The molecule has 4 atom stereocenters. The zero-order valence-corrected chi connectivity index (χ0v) is 18.9. The summed E-state index contributed by atoms with van der Waals surface area (Å²) in [6, 6.07) is 0. The Morgan fingerprint density at radius 1 is 1.00 bits per heavy atom. The van der Waals surface area contributed by atoms with Crippen LogP contribution in [0.1, 0.15) is 7.43 Å². The van der Waals surface area contributed by atoms with Crippen molar-refractivity contribution < 1.29 is 37.6 Å². The Hall–Kier alpha value is 1.56. The molecule has 2 bridgehead atoms. The summed E-state index contributed by atoms with van der Waals surface area (Å²) in [4.78, 5) is 11.6. The molecule has 3 nitrogen and oxygen atoms in total. The third-order valence-electron chi connectivity index (χ3n) is 3.69. The molecule has 3 aliphatic rings. The van der Waals surface area contributed by atoms with E-state index in [-0.39, 0.29) is 45.2 Å². The molecule has 0 saturated heterocycles. The summed E-state index contributed by atoms with van der Waals surface area (Å²) in [6.45, 7) is 0. The van der Waals surface area contributed by atoms with Crippen LogP contribution in [0.25, 0.3) is 0 Å². The van der Waals surface area contributed by atoms with E-state index in [0.29, 0.717) is 0 Å². The summed E-state index contributed by atoms with van der Waals surface area (Å²) in [7, 11) is 0. The van der Waals surface area contributed by atoms with E-state index >= 15 is 0 Å². The Labute approximate surface area is 166 Å². The van der Waals surface area contributed by atoms with Crippen LogP contribution < -0.4 is 5.11 Å². The number of alkyl halides is 4. The average molecular weight is 585 g/mol. The van der Waals surface area contributed by atoms with Crippen molar-refractivity contribution in [2.45, 2.75) is 21.5 Å². The molecule has 3 rings (SSSR count). The molecule has 107 valence electrons. The molecule has 1 fully saturated rings. The number of hydrogen-bond donors (Lipinski definition) is 0. The van der Waals surface area contributed by atoms with E-state index < -0.39 is 37.7 Å². The Kier molecular flexibility index (Phi) is 5.18. The van der Waals surface area contributed by atoms with Gasteiger partial charge in [-0.25, -0.2) is 4.99 Å². The summed E-state index contributed by atoms with van der Waals surface area (Å²) in [5.74, 6) is -3.63. The Balaban J connectivity index is 0.000001000. The van der Waals surface area contributed by atoms with Gasteiger partial charge in [0, 0.05) is 5.92 Å². The predicted octanol–water partition coefficient (Wildman–Crippen LogP) is 3.00. The fourth-order valence-electron chi connectivity index (χ4n) is 2.86. The molecule has 1 aliphatic heterocycles. The van der Waals surface area contributed by atoms with Crippen molar-refractivity contribution in [3.8, 4) is 0 Å². The first-order valence-corrected chi connectivity index (χ1v) is 7.00. The van der Waals surface area contributed by atoms with E-state index in [9.17, 15) is 9.90 Å². The number of aliphatic imine (C=N–C) groups is 1. The molecule has 1 heterocycles. The number of carbonyl (C=O) groups is 1. The molecular formula is C10H6Cl6HgNO2. The topological polar surface area (TPSA) is 52.5 Å². The van der Waals surface area contributed by atoms with Gasteiger partial charge in [-0.15, -0.1) is 23.2 Å². The van der Waals surface area contributed by atoms with Gasteiger partial charge in [-0.1, -0.05) is 53.8 Å². The molecule has 0 N–H and O–H groups in total. The molecule has 1 saturated carbocycles. The Morgan fingerprint density at radius 2 is 1.40 bits per heavy atom. The van der Waals surface area contributed by atoms with Crippen LogP contribution in [0.5, 0.6) is 0 Å². The van der Waals surface area contributed by atoms with Crippen LogP contribution in [0.15, 0.2) is 15.1 Å². The number of carbonyl (C=O) groups excluding carboxylic acids is 1. The first kappa shape index (κ1) is 19.6. The van der Waals surface area contributed by atoms with Gasteiger partial charge in [0.25, 0.3) is 5.91 Å². The van der Waals surface area contributed by atoms with Crippen molar-refractivity contribution in [1.29, 1.82) is 0 Å². The third kappa shape index (κ3) is 1.67. The van der Waals surface area contributed by atoms with Crippen molar-refractivity contribution in [1.82, 2.24) is 0 Å². The summed E-state index contributed by atoms with van der Waals surface area (Å²) in [5, 5.41) is 11.6. The summed E-state index contributed by atoms with van der Waals surface area (Å²) in [5.41, 5.74) is 0. The Morgan fingerprint density at radius 3 is 1.85 bits per heavy atom. The molecule has 2 aliphatic carbocycles. The second kappa shape index (κ2) is 5.29. The number of halogens is 6. The molecule has 0 aromatic rings. The number of fused-ring (bicyclic) bond motifs is 5. The second-order valence-electron chi connectivity index (χ2n) is 4.37. The van der Waals surface area contributed by atoms with Gasteiger partial charge in [-0.2, -0.15) is 0 Å². The van der Waals surface area contributed by atoms with Crippen molar-refractivity contribution in [2.24, 2.45) is 16.8 Å². The summed E-state index contributed by atoms with van der Waals surface area (Å²) >= 11 is 37.0. The molecule has 20 heavy (non-hydrogen) atoms. The smallest absolute Gasteiger partial charge is 0.861 e. The van der Waals surface area contributed by atoms with Crippen molar-refractivity contribution in [2.75, 3.05) is 0 Å². The predicted molar refractivity (Wildman–Crippen MR) is 76.5 cm³/mol. The normalized spacial score (nSPS) is 43.9. The van der Waals surface area contributed by atoms with Crippen LogP contribution >= 0.6 is 69.6 Å². The minimum atomic E-state index is -1.87. The van der Waals surface area contributed by atoms with Gasteiger partial charge < -0.3 is 5.11 Å². The maximum absolute atomic E-state index is 11.8. The molecule has 1 amide bonds. The maximum atomic E-state index is 11.8. The number of allylic oxidation sites excluding steroid dienone is 2. The van der Waals surface area contributed by atoms with Crippen LogP contribution in [-0.2, 0) is 32.5 Å². The van der Waals surface area contributed by atoms with Crippen molar-refractivity contribution >= 4 is 81.4 Å². The minimum Gasteiger partial charge on any atom is -0.861 e. The van der Waals surface area contributed by atoms with Crippen LogP contribution in [0.4, 0.5) is 0 Å². The van der Waals surface area contributed by atoms with Gasteiger partial charge in [0.05, 0.1) is 16.0 Å². The monoisotopic (exact) mass is 584 g/mol. The zero-order chi connectivity index (χ0) is 13.7. The molecule has 0 spiro atoms. The van der Waals surface area contributed by atoms with Gasteiger partial charge in [0.2, 0.25) is 0 Å². The van der Waals surface area contributed by atoms with Gasteiger partial charge >= 0.3 is 27.7 Å². The van der Waals surface area contributed by atoms with Crippen molar-refractivity contribution in [3.63, 3.8) is 0 Å². The van der Waals surface area contributed by atoms with E-state index in [4.69, 9.17) is 69.6 Å². The van der Waals surface area contributed by atoms with Crippen LogP contribution in [0.2, 0.25) is 0 Å². The fraction of sp³-hybridized carbons (Fsp3) is 0.600. The van der Waals surface area contributed by atoms with Gasteiger partial charge in [-0.3, -0.25) is 4.79 Å². The molecule has 10 heteroatoms. The molecule has 1 radical (unpaired) electrons. The summed E-state index contributed by atoms with van der Waals surface area (Å²) in [6.07, 6.45) is 0. The summed E-state index contributed by atoms with van der Waals surface area (Å²) < 4.78 is -1.87. The third-order valence-corrected chi connectivity index (χ3v) is 7.95. The first-order chi connectivity index (χ1) is 8.11. The molecule has 0 aromatic carbocycles. The standard InChI is InChI=1S/C9H3Cl6NO2.CH4.Hg/c10-3-4(11)8(13)2-1(5(17)16-6(2)18)7(3,12)9(8,14)15;;/h1-2H,(H,16,17,18);1H4;/q;;+1/p-1. The SMILES string of the molecule is C.O=C1N=C([O-])C2C1C1(Cl)C(Cl)=C(Cl)C2(Cl)C1(Cl)Cl.[Hg+]. The molecule has 4 unspecified atom stereocenters. The number of rotatable bonds is 0. The average Bonchev–Trinajstić information content (AvgIpc) is 2.68. The van der Waals surface area contributed by atoms with Gasteiger partial charge in [0.1, 0.15) is 9.75 Å². The van der Waals surface area contributed by atoms with Gasteiger partial charge in [-0.05, 0) is 5.90 Å². The van der Waals surface area contributed by atoms with Crippen LogP contribution in [0.3, 0.4) is 0 Å². The van der Waals surface area contributed by atoms with E-state index in [1.54, 1.807) is 0 Å². The minimum absolute atomic E-state index is 0. The zero-order valence-electron chi connectivity index (χ0n) is 8.89. The molecular weight excluding hydrogens is 579 g/mol. The maximum Gasteiger partial charge on any atom is 1.00 e. The first-order valence-electron chi connectivity index (χ1n) is 4.73. The second-order valence-corrected chi connectivity index (χ2v) is 7.65. The molecule has 0 aromatic heterocycles. The van der Waals surface area contributed by atoms with E-state index in [1.165, 1.54) is 0 Å². The van der Waals surface area contributed by atoms with E-state index in [1.807, 2.05) is 0 Å². The Bertz CT molecular complexity index is 564. The van der Waals surface area contributed by atoms with Gasteiger partial charge in [0.15, 0.2) is 4.33 Å². The number of nitrogens with zero attached hydrogens (tertiary/aromatic N) is 1. The van der Waals surface area contributed by atoms with Crippen molar-refractivity contribution in [3.05, 3.63) is 10.1 Å². The van der Waals surface area contributed by atoms with E-state index in [2.05, 4.69) is 4.99 Å². The van der Waals surface area contributed by atoms with Crippen LogP contribution in [0, 0.1) is 11.8 Å². The number of hydrogen-bond acceptors (Lipinski definition) is 2. The van der Waals surface area contributed by atoms with E-state index in [0.717, 1.165) is 0 Å².